The van der Waals surface area contributed by atoms with Crippen LogP contribution >= 0.6 is 0 Å². The average molecular weight is 395 g/mol. The molecule has 0 aliphatic rings. The van der Waals surface area contributed by atoms with Gasteiger partial charge in [0.2, 0.25) is 0 Å². The maximum atomic E-state index is 10.5. The van der Waals surface area contributed by atoms with Crippen molar-refractivity contribution in [3.63, 3.8) is 0 Å². The summed E-state index contributed by atoms with van der Waals surface area (Å²) in [6.07, 6.45) is 8.11. The van der Waals surface area contributed by atoms with E-state index in [1.165, 1.54) is 6.08 Å². The molecular weight excluding hydrogens is 360 g/mol. The van der Waals surface area contributed by atoms with Gasteiger partial charge < -0.3 is 25.0 Å². The van der Waals surface area contributed by atoms with Crippen LogP contribution in [0, 0.1) is 6.92 Å². The van der Waals surface area contributed by atoms with Gasteiger partial charge in [-0.1, -0.05) is 44.4 Å². The number of hydrogen-bond donors (Lipinski definition) is 4. The molecule has 0 radical (unpaired) electrons. The molecule has 0 fully saturated rings. The zero-order valence-electron chi connectivity index (χ0n) is 17.1. The molecule has 0 saturated carbocycles. The molecule has 0 aromatic carbocycles. The van der Waals surface area contributed by atoms with Crippen LogP contribution in [-0.4, -0.2) is 48.2 Å². The molecule has 0 unspecified atom stereocenters. The number of nitrogens with zero attached hydrogens (tertiary/aromatic N) is 2. The van der Waals surface area contributed by atoms with Gasteiger partial charge in [0.25, 0.3) is 0 Å². The Morgan fingerprint density at radius 2 is 1.93 bits per heavy atom. The Morgan fingerprint density at radius 3 is 2.57 bits per heavy atom. The van der Waals surface area contributed by atoms with Crippen molar-refractivity contribution in [2.45, 2.75) is 77.1 Å². The Labute approximate surface area is 167 Å². The normalized spacial score (nSPS) is 15.4. The van der Waals surface area contributed by atoms with Crippen LogP contribution in [0.5, 0.6) is 0 Å². The van der Waals surface area contributed by atoms with Gasteiger partial charge in [-0.25, -0.2) is 4.98 Å². The first kappa shape index (κ1) is 24.1. The number of aliphatic hydroxyl groups excluding tert-OH is 3. The van der Waals surface area contributed by atoms with Crippen molar-refractivity contribution >= 4 is 12.0 Å². The smallest absolute Gasteiger partial charge is 0.303 e. The fraction of sp³-hybridized carbons (Fsp3) is 0.619. The number of aliphatic carboxylic acids is 1. The lowest BCUT2D eigenvalue weighted by atomic mass is 10.0. The highest BCUT2D eigenvalue weighted by Gasteiger charge is 2.19. The predicted molar refractivity (Wildman–Crippen MR) is 109 cm³/mol. The minimum absolute atomic E-state index is 0.0391. The molecule has 1 aromatic heterocycles. The lowest BCUT2D eigenvalue weighted by Gasteiger charge is -2.14. The molecule has 1 heterocycles. The van der Waals surface area contributed by atoms with E-state index in [-0.39, 0.29) is 12.8 Å². The molecular formula is C21H34N2O5. The molecule has 3 atom stereocenters. The van der Waals surface area contributed by atoms with Crippen molar-refractivity contribution in [2.75, 3.05) is 0 Å². The number of rotatable bonds is 13. The van der Waals surface area contributed by atoms with Crippen molar-refractivity contribution in [3.8, 4) is 0 Å². The molecule has 0 amide bonds. The van der Waals surface area contributed by atoms with Crippen LogP contribution in [0.1, 0.15) is 75.2 Å². The van der Waals surface area contributed by atoms with Crippen molar-refractivity contribution < 1.29 is 25.2 Å². The van der Waals surface area contributed by atoms with Crippen LogP contribution in [0.2, 0.25) is 0 Å². The summed E-state index contributed by atoms with van der Waals surface area (Å²) in [5.41, 5.74) is 1.30. The molecule has 0 spiro atoms. The largest absolute Gasteiger partial charge is 0.481 e. The fourth-order valence-corrected chi connectivity index (χ4v) is 2.91. The van der Waals surface area contributed by atoms with Gasteiger partial charge in [0.05, 0.1) is 29.7 Å². The first-order valence-corrected chi connectivity index (χ1v) is 9.90. The van der Waals surface area contributed by atoms with Crippen LogP contribution in [-0.2, 0) is 11.8 Å². The third-order valence-electron chi connectivity index (χ3n) is 4.70. The molecule has 7 nitrogen and oxygen atoms in total. The van der Waals surface area contributed by atoms with E-state index in [1.807, 2.05) is 18.5 Å². The number of carbonyl (C=O) groups is 1. The van der Waals surface area contributed by atoms with E-state index in [2.05, 4.69) is 11.9 Å². The summed E-state index contributed by atoms with van der Waals surface area (Å²) in [7, 11) is 1.85. The van der Waals surface area contributed by atoms with Gasteiger partial charge in [0.15, 0.2) is 0 Å². The van der Waals surface area contributed by atoms with Gasteiger partial charge in [0, 0.05) is 13.5 Å². The lowest BCUT2D eigenvalue weighted by Crippen LogP contribution is -2.22. The topological polar surface area (TPSA) is 116 Å². The van der Waals surface area contributed by atoms with Crippen molar-refractivity contribution in [1.82, 2.24) is 9.55 Å². The third kappa shape index (κ3) is 7.96. The van der Waals surface area contributed by atoms with Crippen LogP contribution in [0.15, 0.2) is 18.2 Å². The quantitative estimate of drug-likeness (QED) is 0.302. The van der Waals surface area contributed by atoms with Gasteiger partial charge in [-0.2, -0.15) is 0 Å². The van der Waals surface area contributed by atoms with Gasteiger partial charge in [-0.05, 0) is 32.3 Å². The number of carboxylic acid groups (broad SMARTS) is 1. The Kier molecular flexibility index (Phi) is 10.7. The Balaban J connectivity index is 2.71. The fourth-order valence-electron chi connectivity index (χ4n) is 2.91. The lowest BCUT2D eigenvalue weighted by molar-refractivity contribution is -0.136. The number of carboxylic acids is 1. The molecule has 0 aliphatic carbocycles. The van der Waals surface area contributed by atoms with E-state index in [9.17, 15) is 20.1 Å². The number of unbranched alkanes of at least 4 members (excludes halogenated alkanes) is 2. The van der Waals surface area contributed by atoms with Crippen molar-refractivity contribution in [2.24, 2.45) is 7.05 Å². The highest BCUT2D eigenvalue weighted by atomic mass is 16.4. The second-order valence-electron chi connectivity index (χ2n) is 7.06. The standard InChI is InChI=1S/C21H34N2O5/c1-4-5-7-11-19(26)21-16(22-15(2)23(21)3)13-14-18(25)17(24)10-8-6-9-12-20(27)28/h6,8,13-14,17-19,24-26H,4-5,7,9-12H2,1-3H3,(H,27,28)/b8-6-,14-13+/t17-,18+,19-/m0/s1. The zero-order chi connectivity index (χ0) is 21.1. The van der Waals surface area contributed by atoms with Crippen LogP contribution in [0.4, 0.5) is 0 Å². The Bertz CT molecular complexity index is 666. The van der Waals surface area contributed by atoms with E-state index in [0.29, 0.717) is 24.2 Å². The SMILES string of the molecule is CCCCC[C@H](O)c1c(/C=C/[C@@H](O)[C@@H](O)C/C=C\CCC(=O)O)nc(C)n1C. The van der Waals surface area contributed by atoms with Gasteiger partial charge in [-0.15, -0.1) is 0 Å². The Hall–Kier alpha value is -1.96. The number of aliphatic hydroxyl groups is 3. The highest BCUT2D eigenvalue weighted by molar-refractivity contribution is 5.66. The van der Waals surface area contributed by atoms with Crippen LogP contribution in [0.25, 0.3) is 6.08 Å². The predicted octanol–water partition coefficient (Wildman–Crippen LogP) is 2.89. The highest BCUT2D eigenvalue weighted by Crippen LogP contribution is 2.25. The number of allylic oxidation sites excluding steroid dienone is 1. The first-order valence-electron chi connectivity index (χ1n) is 9.90. The zero-order valence-corrected chi connectivity index (χ0v) is 17.1. The van der Waals surface area contributed by atoms with Crippen molar-refractivity contribution in [1.29, 1.82) is 0 Å². The summed E-state index contributed by atoms with van der Waals surface area (Å²) in [5.74, 6) is -0.105. The van der Waals surface area contributed by atoms with Crippen LogP contribution < -0.4 is 0 Å². The summed E-state index contributed by atoms with van der Waals surface area (Å²) in [6, 6.07) is 0. The summed E-state index contributed by atoms with van der Waals surface area (Å²) in [5, 5.41) is 39.3. The average Bonchev–Trinajstić information content (AvgIpc) is 2.93. The maximum absolute atomic E-state index is 10.5. The Morgan fingerprint density at radius 1 is 1.21 bits per heavy atom. The monoisotopic (exact) mass is 394 g/mol. The molecule has 0 saturated heterocycles. The van der Waals surface area contributed by atoms with Gasteiger partial charge in [-0.3, -0.25) is 4.79 Å². The first-order chi connectivity index (χ1) is 13.3. The summed E-state index contributed by atoms with van der Waals surface area (Å²) >= 11 is 0. The van der Waals surface area contributed by atoms with Crippen LogP contribution in [0.3, 0.4) is 0 Å². The molecule has 4 N–H and O–H groups in total. The van der Waals surface area contributed by atoms with Crippen molar-refractivity contribution in [3.05, 3.63) is 35.4 Å². The van der Waals surface area contributed by atoms with E-state index in [4.69, 9.17) is 5.11 Å². The molecule has 28 heavy (non-hydrogen) atoms. The van der Waals surface area contributed by atoms with E-state index in [0.717, 1.165) is 25.1 Å². The van der Waals surface area contributed by atoms with E-state index in [1.54, 1.807) is 18.2 Å². The minimum atomic E-state index is -1.09. The second kappa shape index (κ2) is 12.5. The molecule has 1 rings (SSSR count). The maximum Gasteiger partial charge on any atom is 0.303 e. The summed E-state index contributed by atoms with van der Waals surface area (Å²) < 4.78 is 1.85. The minimum Gasteiger partial charge on any atom is -0.481 e. The number of aryl methyl sites for hydroxylation is 1. The van der Waals surface area contributed by atoms with Gasteiger partial charge >= 0.3 is 5.97 Å². The van der Waals surface area contributed by atoms with E-state index >= 15 is 0 Å². The summed E-state index contributed by atoms with van der Waals surface area (Å²) in [4.78, 5) is 14.9. The molecule has 7 heteroatoms. The molecule has 1 aromatic rings. The molecule has 0 aliphatic heterocycles. The summed E-state index contributed by atoms with van der Waals surface area (Å²) in [6.45, 7) is 3.97. The number of aromatic nitrogens is 2. The number of hydrogen-bond acceptors (Lipinski definition) is 5. The number of imidazole rings is 1. The molecule has 158 valence electrons. The van der Waals surface area contributed by atoms with E-state index < -0.39 is 24.3 Å². The molecule has 0 bridgehead atoms. The van der Waals surface area contributed by atoms with Gasteiger partial charge in [0.1, 0.15) is 5.82 Å². The third-order valence-corrected chi connectivity index (χ3v) is 4.70. The second-order valence-corrected chi connectivity index (χ2v) is 7.06.